The Kier molecular flexibility index (Phi) is 7.68. The van der Waals surface area contributed by atoms with Gasteiger partial charge in [-0.05, 0) is 37.5 Å². The highest BCUT2D eigenvalue weighted by atomic mass is 16.5. The van der Waals surface area contributed by atoms with Crippen molar-refractivity contribution in [3.05, 3.63) is 60.2 Å². The average Bonchev–Trinajstić information content (AvgIpc) is 2.50. The van der Waals surface area contributed by atoms with Gasteiger partial charge in [0.15, 0.2) is 0 Å². The molecule has 0 heterocycles. The number of ether oxygens (including phenoxy) is 2. The highest BCUT2D eigenvalue weighted by Gasteiger charge is 2.12. The van der Waals surface area contributed by atoms with E-state index in [1.54, 1.807) is 31.2 Å². The molecule has 0 aromatic heterocycles. The summed E-state index contributed by atoms with van der Waals surface area (Å²) in [6.45, 7) is 7.48. The molecule has 0 saturated carbocycles. The summed E-state index contributed by atoms with van der Waals surface area (Å²) >= 11 is 0. The van der Waals surface area contributed by atoms with Gasteiger partial charge in [-0.2, -0.15) is 0 Å². The zero-order valence-corrected chi connectivity index (χ0v) is 13.1. The van der Waals surface area contributed by atoms with Crippen LogP contribution in [0.3, 0.4) is 0 Å². The normalized spacial score (nSPS) is 11.9. The molecule has 22 heavy (non-hydrogen) atoms. The van der Waals surface area contributed by atoms with Crippen molar-refractivity contribution in [1.29, 1.82) is 0 Å². The second-order valence-electron chi connectivity index (χ2n) is 4.87. The number of unbranched alkanes of at least 4 members (excludes halogenated alkanes) is 1. The number of rotatable bonds is 8. The van der Waals surface area contributed by atoms with E-state index in [1.165, 1.54) is 6.92 Å². The lowest BCUT2D eigenvalue weighted by Crippen LogP contribution is -2.16. The second-order valence-corrected chi connectivity index (χ2v) is 4.87. The van der Waals surface area contributed by atoms with Crippen LogP contribution in [0.25, 0.3) is 0 Å². The van der Waals surface area contributed by atoms with Crippen molar-refractivity contribution in [2.45, 2.75) is 32.8 Å². The van der Waals surface area contributed by atoms with Crippen LogP contribution in [-0.2, 0) is 14.3 Å². The lowest BCUT2D eigenvalue weighted by Gasteiger charge is -2.13. The van der Waals surface area contributed by atoms with Crippen LogP contribution in [0, 0.1) is 0 Å². The molecular weight excluding hydrogens is 280 g/mol. The van der Waals surface area contributed by atoms with Gasteiger partial charge in [-0.1, -0.05) is 36.9 Å². The van der Waals surface area contributed by atoms with Gasteiger partial charge >= 0.3 is 11.9 Å². The quantitative estimate of drug-likeness (QED) is 0.417. The maximum atomic E-state index is 11.9. The maximum Gasteiger partial charge on any atom is 0.338 e. The van der Waals surface area contributed by atoms with E-state index in [9.17, 15) is 9.59 Å². The molecule has 0 spiro atoms. The molecule has 0 aliphatic carbocycles. The molecule has 0 aliphatic heterocycles. The number of hydrogen-bond acceptors (Lipinski definition) is 4. The van der Waals surface area contributed by atoms with E-state index in [4.69, 9.17) is 9.47 Å². The highest BCUT2D eigenvalue weighted by molar-refractivity contribution is 5.89. The Labute approximate surface area is 131 Å². The van der Waals surface area contributed by atoms with Crippen molar-refractivity contribution in [1.82, 2.24) is 0 Å². The molecule has 1 aromatic rings. The Morgan fingerprint density at radius 3 is 2.59 bits per heavy atom. The summed E-state index contributed by atoms with van der Waals surface area (Å²) in [6.07, 6.45) is 4.89. The van der Waals surface area contributed by atoms with E-state index in [0.717, 1.165) is 18.4 Å². The Bertz CT molecular complexity index is 531. The summed E-state index contributed by atoms with van der Waals surface area (Å²) in [5.74, 6) is -0.632. The SMILES string of the molecule is C=C(/C=C/CCCOC(C)=O)C(C)OC(=O)c1ccccc1. The monoisotopic (exact) mass is 302 g/mol. The van der Waals surface area contributed by atoms with Crippen LogP contribution >= 0.6 is 0 Å². The van der Waals surface area contributed by atoms with Gasteiger partial charge in [0.1, 0.15) is 6.10 Å². The molecule has 0 fully saturated rings. The van der Waals surface area contributed by atoms with Crippen LogP contribution < -0.4 is 0 Å². The summed E-state index contributed by atoms with van der Waals surface area (Å²) in [5, 5.41) is 0. The maximum absolute atomic E-state index is 11.9. The summed E-state index contributed by atoms with van der Waals surface area (Å²) in [7, 11) is 0. The van der Waals surface area contributed by atoms with E-state index in [1.807, 2.05) is 18.2 Å². The molecule has 0 amide bonds. The van der Waals surface area contributed by atoms with E-state index in [-0.39, 0.29) is 11.9 Å². The first-order valence-electron chi connectivity index (χ1n) is 7.25. The standard InChI is InChI=1S/C18H22O4/c1-14(10-6-5-9-13-21-16(3)19)15(2)22-18(20)17-11-7-4-8-12-17/h4,6-8,10-12,15H,1,5,9,13H2,2-3H3/b10-6+. The third-order valence-corrected chi connectivity index (χ3v) is 2.97. The number of hydrogen-bond donors (Lipinski definition) is 0. The second kappa shape index (κ2) is 9.55. The minimum absolute atomic E-state index is 0.269. The molecule has 1 atom stereocenters. The Morgan fingerprint density at radius 1 is 1.27 bits per heavy atom. The Hall–Kier alpha value is -2.36. The molecule has 0 N–H and O–H groups in total. The zero-order chi connectivity index (χ0) is 16.4. The van der Waals surface area contributed by atoms with Crippen molar-refractivity contribution in [2.24, 2.45) is 0 Å². The molecule has 118 valence electrons. The van der Waals surface area contributed by atoms with Crippen LogP contribution in [0.5, 0.6) is 0 Å². The van der Waals surface area contributed by atoms with Gasteiger partial charge in [0.2, 0.25) is 0 Å². The van der Waals surface area contributed by atoms with E-state index in [2.05, 4.69) is 6.58 Å². The molecule has 0 saturated heterocycles. The molecule has 4 heteroatoms. The van der Waals surface area contributed by atoms with Gasteiger partial charge < -0.3 is 9.47 Å². The largest absolute Gasteiger partial charge is 0.466 e. The third-order valence-electron chi connectivity index (χ3n) is 2.97. The fourth-order valence-electron chi connectivity index (χ4n) is 1.67. The number of allylic oxidation sites excluding steroid dienone is 1. The summed E-state index contributed by atoms with van der Waals surface area (Å²) in [6, 6.07) is 8.85. The van der Waals surface area contributed by atoms with Gasteiger partial charge in [-0.3, -0.25) is 4.79 Å². The van der Waals surface area contributed by atoms with Crippen molar-refractivity contribution in [3.8, 4) is 0 Å². The molecule has 4 nitrogen and oxygen atoms in total. The Balaban J connectivity index is 2.32. The Morgan fingerprint density at radius 2 is 1.95 bits per heavy atom. The van der Waals surface area contributed by atoms with Crippen LogP contribution in [0.4, 0.5) is 0 Å². The lowest BCUT2D eigenvalue weighted by molar-refractivity contribution is -0.141. The predicted molar refractivity (Wildman–Crippen MR) is 85.5 cm³/mol. The molecule has 0 radical (unpaired) electrons. The number of carbonyl (C=O) groups excluding carboxylic acids is 2. The molecule has 1 rings (SSSR count). The van der Waals surface area contributed by atoms with Gasteiger partial charge in [-0.15, -0.1) is 0 Å². The minimum Gasteiger partial charge on any atom is -0.466 e. The zero-order valence-electron chi connectivity index (χ0n) is 13.1. The topological polar surface area (TPSA) is 52.6 Å². The van der Waals surface area contributed by atoms with Crippen molar-refractivity contribution in [3.63, 3.8) is 0 Å². The van der Waals surface area contributed by atoms with Crippen molar-refractivity contribution < 1.29 is 19.1 Å². The molecule has 1 unspecified atom stereocenters. The average molecular weight is 302 g/mol. The first-order valence-corrected chi connectivity index (χ1v) is 7.25. The number of benzene rings is 1. The highest BCUT2D eigenvalue weighted by Crippen LogP contribution is 2.10. The van der Waals surface area contributed by atoms with Gasteiger partial charge in [0.05, 0.1) is 12.2 Å². The first-order chi connectivity index (χ1) is 10.5. The molecule has 0 bridgehead atoms. The summed E-state index contributed by atoms with van der Waals surface area (Å²) in [4.78, 5) is 22.5. The fraction of sp³-hybridized carbons (Fsp3) is 0.333. The fourth-order valence-corrected chi connectivity index (χ4v) is 1.67. The van der Waals surface area contributed by atoms with Crippen LogP contribution in [0.15, 0.2) is 54.6 Å². The van der Waals surface area contributed by atoms with E-state index >= 15 is 0 Å². The number of carbonyl (C=O) groups is 2. The van der Waals surface area contributed by atoms with Crippen molar-refractivity contribution in [2.75, 3.05) is 6.61 Å². The summed E-state index contributed by atoms with van der Waals surface area (Å²) in [5.41, 5.74) is 1.24. The van der Waals surface area contributed by atoms with Crippen molar-refractivity contribution >= 4 is 11.9 Å². The molecule has 1 aromatic carbocycles. The smallest absolute Gasteiger partial charge is 0.338 e. The molecule has 0 aliphatic rings. The lowest BCUT2D eigenvalue weighted by atomic mass is 10.1. The van der Waals surface area contributed by atoms with E-state index < -0.39 is 6.10 Å². The third kappa shape index (κ3) is 6.88. The summed E-state index contributed by atoms with van der Waals surface area (Å²) < 4.78 is 10.2. The first kappa shape index (κ1) is 17.7. The number of esters is 2. The van der Waals surface area contributed by atoms with Gasteiger partial charge in [0, 0.05) is 6.92 Å². The van der Waals surface area contributed by atoms with Crippen LogP contribution in [0.2, 0.25) is 0 Å². The van der Waals surface area contributed by atoms with Crippen LogP contribution in [-0.4, -0.2) is 24.6 Å². The predicted octanol–water partition coefficient (Wildman–Crippen LogP) is 3.69. The molecular formula is C18H22O4. The van der Waals surface area contributed by atoms with Gasteiger partial charge in [-0.25, -0.2) is 4.79 Å². The van der Waals surface area contributed by atoms with Crippen LogP contribution in [0.1, 0.15) is 37.0 Å². The van der Waals surface area contributed by atoms with E-state index in [0.29, 0.717) is 12.2 Å². The minimum atomic E-state index is -0.391. The van der Waals surface area contributed by atoms with Gasteiger partial charge in [0.25, 0.3) is 0 Å².